The van der Waals surface area contributed by atoms with Crippen LogP contribution in [0.1, 0.15) is 24.3 Å². The standard InChI is InChI=1S/C9H11N3O2S/c1-5(2)6(3-10)11-8(13)7-4-15-9(14)12-7/h4-6H,1-2H3,(H,11,13)(H,12,14)/t6-/m0/s1. The summed E-state index contributed by atoms with van der Waals surface area (Å²) in [5.74, 6) is -0.391. The quantitative estimate of drug-likeness (QED) is 0.794. The molecule has 15 heavy (non-hydrogen) atoms. The van der Waals surface area contributed by atoms with Crippen LogP contribution in [0.2, 0.25) is 0 Å². The van der Waals surface area contributed by atoms with Crippen molar-refractivity contribution in [3.63, 3.8) is 0 Å². The fourth-order valence-electron chi connectivity index (χ4n) is 0.959. The molecule has 1 amide bonds. The fourth-order valence-corrected chi connectivity index (χ4v) is 1.52. The number of nitrogens with one attached hydrogen (secondary N) is 2. The Bertz CT molecular complexity index is 441. The maximum Gasteiger partial charge on any atom is 0.305 e. The Balaban J connectivity index is 2.72. The van der Waals surface area contributed by atoms with Crippen LogP contribution in [0.25, 0.3) is 0 Å². The third-order valence-corrected chi connectivity index (χ3v) is 2.53. The van der Waals surface area contributed by atoms with Gasteiger partial charge in [-0.3, -0.25) is 9.59 Å². The van der Waals surface area contributed by atoms with Crippen LogP contribution in [0.5, 0.6) is 0 Å². The molecule has 1 atom stereocenters. The lowest BCUT2D eigenvalue weighted by atomic mass is 10.1. The second-order valence-electron chi connectivity index (χ2n) is 3.39. The predicted molar refractivity (Wildman–Crippen MR) is 56.6 cm³/mol. The third kappa shape index (κ3) is 2.92. The fraction of sp³-hybridized carbons (Fsp3) is 0.444. The Morgan fingerprint density at radius 3 is 2.73 bits per heavy atom. The number of nitrogens with zero attached hydrogens (tertiary/aromatic N) is 1. The van der Waals surface area contributed by atoms with Crippen molar-refractivity contribution in [2.24, 2.45) is 5.92 Å². The first-order valence-electron chi connectivity index (χ1n) is 4.43. The van der Waals surface area contributed by atoms with Crippen molar-refractivity contribution < 1.29 is 4.79 Å². The maximum atomic E-state index is 11.5. The van der Waals surface area contributed by atoms with Crippen molar-refractivity contribution in [3.05, 3.63) is 20.7 Å². The summed E-state index contributed by atoms with van der Waals surface area (Å²) in [4.78, 5) is 24.4. The summed E-state index contributed by atoms with van der Waals surface area (Å²) in [5, 5.41) is 12.7. The number of carbonyl (C=O) groups excluding carboxylic acids is 1. The molecule has 0 aliphatic carbocycles. The Kier molecular flexibility index (Phi) is 3.63. The van der Waals surface area contributed by atoms with E-state index in [4.69, 9.17) is 5.26 Å². The molecule has 1 rings (SSSR count). The molecule has 5 nitrogen and oxygen atoms in total. The van der Waals surface area contributed by atoms with Crippen molar-refractivity contribution in [1.82, 2.24) is 10.3 Å². The zero-order chi connectivity index (χ0) is 11.4. The van der Waals surface area contributed by atoms with E-state index in [1.54, 1.807) is 0 Å². The van der Waals surface area contributed by atoms with Crippen molar-refractivity contribution in [1.29, 1.82) is 5.26 Å². The number of carbonyl (C=O) groups is 1. The summed E-state index contributed by atoms with van der Waals surface area (Å²) >= 11 is 0.921. The number of rotatable bonds is 3. The minimum atomic E-state index is -0.541. The van der Waals surface area contributed by atoms with E-state index in [9.17, 15) is 9.59 Å². The van der Waals surface area contributed by atoms with Gasteiger partial charge in [0.25, 0.3) is 5.91 Å². The van der Waals surface area contributed by atoms with Gasteiger partial charge in [0, 0.05) is 5.38 Å². The van der Waals surface area contributed by atoms with Crippen LogP contribution in [-0.4, -0.2) is 16.9 Å². The second kappa shape index (κ2) is 4.75. The minimum absolute atomic E-state index is 0.0318. The van der Waals surface area contributed by atoms with Crippen molar-refractivity contribution in [2.75, 3.05) is 0 Å². The van der Waals surface area contributed by atoms with E-state index >= 15 is 0 Å². The van der Waals surface area contributed by atoms with Crippen LogP contribution in [-0.2, 0) is 0 Å². The molecule has 0 saturated heterocycles. The highest BCUT2D eigenvalue weighted by Crippen LogP contribution is 2.02. The number of H-pyrrole nitrogens is 1. The molecule has 2 N–H and O–H groups in total. The van der Waals surface area contributed by atoms with E-state index in [0.717, 1.165) is 11.3 Å². The lowest BCUT2D eigenvalue weighted by molar-refractivity contribution is 0.0933. The Morgan fingerprint density at radius 2 is 2.33 bits per heavy atom. The molecule has 0 spiro atoms. The van der Waals surface area contributed by atoms with E-state index in [-0.39, 0.29) is 16.5 Å². The van der Waals surface area contributed by atoms with Gasteiger partial charge in [-0.25, -0.2) is 0 Å². The van der Waals surface area contributed by atoms with Gasteiger partial charge in [0.15, 0.2) is 0 Å². The van der Waals surface area contributed by atoms with Gasteiger partial charge in [-0.1, -0.05) is 25.2 Å². The molecule has 0 bridgehead atoms. The molecule has 6 heteroatoms. The lowest BCUT2D eigenvalue weighted by Crippen LogP contribution is -2.37. The molecular formula is C9H11N3O2S. The van der Waals surface area contributed by atoms with Gasteiger partial charge in [0.05, 0.1) is 6.07 Å². The van der Waals surface area contributed by atoms with Crippen LogP contribution in [0.3, 0.4) is 0 Å². The van der Waals surface area contributed by atoms with Gasteiger partial charge in [-0.15, -0.1) is 0 Å². The van der Waals surface area contributed by atoms with E-state index in [2.05, 4.69) is 10.3 Å². The van der Waals surface area contributed by atoms with Gasteiger partial charge < -0.3 is 10.3 Å². The molecule has 1 heterocycles. The van der Waals surface area contributed by atoms with E-state index < -0.39 is 11.9 Å². The summed E-state index contributed by atoms with van der Waals surface area (Å²) in [6.45, 7) is 3.68. The predicted octanol–water partition coefficient (Wildman–Crippen LogP) is 0.714. The SMILES string of the molecule is CC(C)[C@H](C#N)NC(=O)c1csc(=O)[nH]1. The summed E-state index contributed by atoms with van der Waals surface area (Å²) in [6, 6.07) is 1.45. The zero-order valence-corrected chi connectivity index (χ0v) is 9.22. The number of hydrogen-bond acceptors (Lipinski definition) is 4. The van der Waals surface area contributed by atoms with Gasteiger partial charge in [-0.2, -0.15) is 5.26 Å². The van der Waals surface area contributed by atoms with E-state index in [1.165, 1.54) is 5.38 Å². The van der Waals surface area contributed by atoms with E-state index in [0.29, 0.717) is 0 Å². The molecule has 0 fully saturated rings. The molecule has 0 aliphatic heterocycles. The van der Waals surface area contributed by atoms with Gasteiger partial charge in [0.2, 0.25) is 0 Å². The Hall–Kier alpha value is -1.61. The monoisotopic (exact) mass is 225 g/mol. The summed E-state index contributed by atoms with van der Waals surface area (Å²) in [6.07, 6.45) is 0. The first-order chi connectivity index (χ1) is 7.04. The van der Waals surface area contributed by atoms with Crippen LogP contribution in [0.15, 0.2) is 10.2 Å². The molecule has 1 aromatic heterocycles. The summed E-state index contributed by atoms with van der Waals surface area (Å²) in [7, 11) is 0. The molecule has 0 aliphatic rings. The Morgan fingerprint density at radius 1 is 1.67 bits per heavy atom. The molecule has 0 saturated carbocycles. The number of aromatic nitrogens is 1. The number of nitriles is 1. The molecule has 0 radical (unpaired) electrons. The summed E-state index contributed by atoms with van der Waals surface area (Å²) in [5.41, 5.74) is 0.200. The maximum absolute atomic E-state index is 11.5. The first kappa shape index (κ1) is 11.5. The Labute approximate surface area is 90.7 Å². The van der Waals surface area contributed by atoms with Gasteiger partial charge in [-0.05, 0) is 5.92 Å². The molecular weight excluding hydrogens is 214 g/mol. The van der Waals surface area contributed by atoms with Crippen LogP contribution in [0, 0.1) is 17.2 Å². The van der Waals surface area contributed by atoms with Crippen LogP contribution in [0.4, 0.5) is 0 Å². The number of aromatic amines is 1. The van der Waals surface area contributed by atoms with Crippen LogP contribution >= 0.6 is 11.3 Å². The summed E-state index contributed by atoms with van der Waals surface area (Å²) < 4.78 is 0. The average molecular weight is 225 g/mol. The minimum Gasteiger partial charge on any atom is -0.335 e. The molecule has 0 unspecified atom stereocenters. The first-order valence-corrected chi connectivity index (χ1v) is 5.31. The van der Waals surface area contributed by atoms with E-state index in [1.807, 2.05) is 19.9 Å². The number of amides is 1. The second-order valence-corrected chi connectivity index (χ2v) is 4.23. The van der Waals surface area contributed by atoms with Crippen molar-refractivity contribution in [2.45, 2.75) is 19.9 Å². The third-order valence-electron chi connectivity index (χ3n) is 1.86. The molecule has 80 valence electrons. The normalized spacial score (nSPS) is 12.1. The number of thiazole rings is 1. The largest absolute Gasteiger partial charge is 0.335 e. The number of hydrogen-bond donors (Lipinski definition) is 2. The van der Waals surface area contributed by atoms with Crippen LogP contribution < -0.4 is 10.2 Å². The smallest absolute Gasteiger partial charge is 0.305 e. The average Bonchev–Trinajstić information content (AvgIpc) is 2.60. The van der Waals surface area contributed by atoms with Crippen molar-refractivity contribution >= 4 is 17.2 Å². The zero-order valence-electron chi connectivity index (χ0n) is 8.40. The van der Waals surface area contributed by atoms with Gasteiger partial charge in [0.1, 0.15) is 11.7 Å². The van der Waals surface area contributed by atoms with Crippen molar-refractivity contribution in [3.8, 4) is 6.07 Å². The highest BCUT2D eigenvalue weighted by molar-refractivity contribution is 7.07. The highest BCUT2D eigenvalue weighted by atomic mass is 32.1. The lowest BCUT2D eigenvalue weighted by Gasteiger charge is -2.13. The highest BCUT2D eigenvalue weighted by Gasteiger charge is 2.17. The van der Waals surface area contributed by atoms with Gasteiger partial charge >= 0.3 is 4.87 Å². The topological polar surface area (TPSA) is 85.8 Å². The molecule has 1 aromatic rings. The molecule has 0 aromatic carbocycles.